The van der Waals surface area contributed by atoms with E-state index >= 15 is 0 Å². The van der Waals surface area contributed by atoms with Crippen molar-refractivity contribution in [3.05, 3.63) is 35.9 Å². The summed E-state index contributed by atoms with van der Waals surface area (Å²) in [4.78, 5) is 0. The summed E-state index contributed by atoms with van der Waals surface area (Å²) < 4.78 is 0. The van der Waals surface area contributed by atoms with Gasteiger partial charge in [0.2, 0.25) is 0 Å². The van der Waals surface area contributed by atoms with Gasteiger partial charge >= 0.3 is 0 Å². The molecule has 1 atom stereocenters. The Balaban J connectivity index is 2.68. The molecule has 0 radical (unpaired) electrons. The first-order valence-corrected chi connectivity index (χ1v) is 3.64. The molecule has 11 heavy (non-hydrogen) atoms. The average Bonchev–Trinajstić information content (AvgIpc) is 2.07. The Morgan fingerprint density at radius 1 is 1.36 bits per heavy atom. The van der Waals surface area contributed by atoms with Crippen LogP contribution in [-0.2, 0) is 0 Å². The van der Waals surface area contributed by atoms with E-state index in [1.54, 1.807) is 0 Å². The molecule has 0 aliphatic heterocycles. The van der Waals surface area contributed by atoms with Crippen LogP contribution in [0.25, 0.3) is 0 Å². The summed E-state index contributed by atoms with van der Waals surface area (Å²) in [5.74, 6) is 0. The second-order valence-electron chi connectivity index (χ2n) is 2.46. The number of nitrogens with two attached hydrogens (primary N) is 1. The van der Waals surface area contributed by atoms with Gasteiger partial charge in [-0.15, -0.1) is 0 Å². The van der Waals surface area contributed by atoms with Crippen molar-refractivity contribution < 1.29 is 0 Å². The molecule has 1 aromatic rings. The van der Waals surface area contributed by atoms with E-state index in [1.165, 1.54) is 6.21 Å². The van der Waals surface area contributed by atoms with Gasteiger partial charge in [-0.1, -0.05) is 30.3 Å². The van der Waals surface area contributed by atoms with Gasteiger partial charge in [-0.3, -0.25) is 0 Å². The minimum Gasteiger partial charge on any atom is -0.324 e. The van der Waals surface area contributed by atoms with Crippen LogP contribution in [0.4, 0.5) is 0 Å². The monoisotopic (exact) mass is 148 g/mol. The van der Waals surface area contributed by atoms with Crippen LogP contribution in [0, 0.1) is 5.41 Å². The molecule has 0 aliphatic rings. The van der Waals surface area contributed by atoms with E-state index in [4.69, 9.17) is 11.1 Å². The fourth-order valence-electron chi connectivity index (χ4n) is 0.963. The molecule has 0 fully saturated rings. The van der Waals surface area contributed by atoms with Crippen LogP contribution in [0.15, 0.2) is 30.3 Å². The predicted molar refractivity (Wildman–Crippen MR) is 46.8 cm³/mol. The number of hydrogen-bond donors (Lipinski definition) is 2. The maximum Gasteiger partial charge on any atom is 0.0344 e. The third kappa shape index (κ3) is 2.16. The quantitative estimate of drug-likeness (QED) is 0.630. The number of rotatable bonds is 3. The number of benzene rings is 1. The van der Waals surface area contributed by atoms with Crippen molar-refractivity contribution in [3.8, 4) is 0 Å². The molecule has 1 rings (SSSR count). The van der Waals surface area contributed by atoms with Crippen molar-refractivity contribution in [2.24, 2.45) is 5.73 Å². The van der Waals surface area contributed by atoms with Gasteiger partial charge in [0.25, 0.3) is 0 Å². The van der Waals surface area contributed by atoms with Crippen LogP contribution in [-0.4, -0.2) is 6.21 Å². The zero-order valence-corrected chi connectivity index (χ0v) is 6.33. The maximum atomic E-state index is 6.88. The van der Waals surface area contributed by atoms with Crippen molar-refractivity contribution in [1.29, 1.82) is 5.41 Å². The molecule has 0 bridgehead atoms. The highest BCUT2D eigenvalue weighted by Gasteiger charge is 2.01. The summed E-state index contributed by atoms with van der Waals surface area (Å²) in [6.07, 6.45) is 1.96. The third-order valence-corrected chi connectivity index (χ3v) is 1.60. The smallest absolute Gasteiger partial charge is 0.0344 e. The molecular formula is C9H12N2. The Bertz CT molecular complexity index is 218. The highest BCUT2D eigenvalue weighted by atomic mass is 14.6. The van der Waals surface area contributed by atoms with E-state index in [1.807, 2.05) is 30.3 Å². The largest absolute Gasteiger partial charge is 0.324 e. The van der Waals surface area contributed by atoms with E-state index in [-0.39, 0.29) is 6.04 Å². The van der Waals surface area contributed by atoms with Gasteiger partial charge in [0.1, 0.15) is 0 Å². The maximum absolute atomic E-state index is 6.88. The van der Waals surface area contributed by atoms with E-state index in [9.17, 15) is 0 Å². The zero-order chi connectivity index (χ0) is 8.10. The molecule has 0 heterocycles. The van der Waals surface area contributed by atoms with Gasteiger partial charge in [-0.2, -0.15) is 0 Å². The molecule has 2 nitrogen and oxygen atoms in total. The normalized spacial score (nSPS) is 12.5. The van der Waals surface area contributed by atoms with Crippen molar-refractivity contribution in [1.82, 2.24) is 0 Å². The second-order valence-corrected chi connectivity index (χ2v) is 2.46. The molecule has 58 valence electrons. The first-order chi connectivity index (χ1) is 5.34. The summed E-state index contributed by atoms with van der Waals surface area (Å²) in [5, 5.41) is 6.88. The van der Waals surface area contributed by atoms with Crippen LogP contribution < -0.4 is 5.73 Å². The van der Waals surface area contributed by atoms with Gasteiger partial charge in [-0.05, 0) is 11.8 Å². The lowest BCUT2D eigenvalue weighted by Crippen LogP contribution is -2.09. The van der Waals surface area contributed by atoms with Crippen LogP contribution >= 0.6 is 0 Å². The Labute approximate surface area is 66.6 Å². The molecule has 0 saturated heterocycles. The molecule has 0 saturated carbocycles. The Morgan fingerprint density at radius 2 is 2.00 bits per heavy atom. The molecule has 0 amide bonds. The minimum atomic E-state index is -0.0197. The molecule has 0 aliphatic carbocycles. The SMILES string of the molecule is N=CCC(N)c1ccccc1. The van der Waals surface area contributed by atoms with Gasteiger partial charge in [0.15, 0.2) is 0 Å². The fraction of sp³-hybridized carbons (Fsp3) is 0.222. The number of nitrogens with one attached hydrogen (secondary N) is 1. The molecular weight excluding hydrogens is 136 g/mol. The topological polar surface area (TPSA) is 49.9 Å². The van der Waals surface area contributed by atoms with E-state index in [2.05, 4.69) is 0 Å². The first-order valence-electron chi connectivity index (χ1n) is 3.64. The van der Waals surface area contributed by atoms with Crippen LogP contribution in [0.1, 0.15) is 18.0 Å². The lowest BCUT2D eigenvalue weighted by Gasteiger charge is -2.07. The van der Waals surface area contributed by atoms with E-state index in [0.717, 1.165) is 5.56 Å². The lowest BCUT2D eigenvalue weighted by atomic mass is 10.1. The van der Waals surface area contributed by atoms with Gasteiger partial charge in [-0.25, -0.2) is 0 Å². The zero-order valence-electron chi connectivity index (χ0n) is 6.33. The van der Waals surface area contributed by atoms with Gasteiger partial charge < -0.3 is 11.1 Å². The van der Waals surface area contributed by atoms with Crippen molar-refractivity contribution in [3.63, 3.8) is 0 Å². The summed E-state index contributed by atoms with van der Waals surface area (Å²) in [6, 6.07) is 9.81. The summed E-state index contributed by atoms with van der Waals surface area (Å²) in [5.41, 5.74) is 6.85. The lowest BCUT2D eigenvalue weighted by molar-refractivity contribution is 0.768. The van der Waals surface area contributed by atoms with Gasteiger partial charge in [0, 0.05) is 12.5 Å². The third-order valence-electron chi connectivity index (χ3n) is 1.60. The van der Waals surface area contributed by atoms with Crippen LogP contribution in [0.2, 0.25) is 0 Å². The number of hydrogen-bond acceptors (Lipinski definition) is 2. The average molecular weight is 148 g/mol. The summed E-state index contributed by atoms with van der Waals surface area (Å²) in [7, 11) is 0. The van der Waals surface area contributed by atoms with E-state index < -0.39 is 0 Å². The Hall–Kier alpha value is -1.15. The Morgan fingerprint density at radius 3 is 2.55 bits per heavy atom. The van der Waals surface area contributed by atoms with Crippen molar-refractivity contribution in [2.45, 2.75) is 12.5 Å². The molecule has 0 spiro atoms. The van der Waals surface area contributed by atoms with Crippen LogP contribution in [0.5, 0.6) is 0 Å². The molecule has 3 N–H and O–H groups in total. The van der Waals surface area contributed by atoms with Crippen LogP contribution in [0.3, 0.4) is 0 Å². The first kappa shape index (κ1) is 7.95. The predicted octanol–water partition coefficient (Wildman–Crippen LogP) is 1.73. The molecule has 1 aromatic carbocycles. The highest BCUT2D eigenvalue weighted by Crippen LogP contribution is 2.10. The van der Waals surface area contributed by atoms with Crippen molar-refractivity contribution >= 4 is 6.21 Å². The van der Waals surface area contributed by atoms with E-state index in [0.29, 0.717) is 6.42 Å². The fourth-order valence-corrected chi connectivity index (χ4v) is 0.963. The summed E-state index contributed by atoms with van der Waals surface area (Å²) in [6.45, 7) is 0. The minimum absolute atomic E-state index is 0.0197. The molecule has 2 heteroatoms. The standard InChI is InChI=1S/C9H12N2/c10-7-6-9(11)8-4-2-1-3-5-8/h1-5,7,9-10H,6,11H2. The second kappa shape index (κ2) is 3.88. The van der Waals surface area contributed by atoms with Gasteiger partial charge in [0.05, 0.1) is 0 Å². The van der Waals surface area contributed by atoms with Crippen molar-refractivity contribution in [2.75, 3.05) is 0 Å². The Kier molecular flexibility index (Phi) is 2.81. The molecule has 1 unspecified atom stereocenters. The highest BCUT2D eigenvalue weighted by molar-refractivity contribution is 5.54. The molecule has 0 aromatic heterocycles. The summed E-state index contributed by atoms with van der Waals surface area (Å²) >= 11 is 0.